The lowest BCUT2D eigenvalue weighted by Gasteiger charge is -2.37. The molecule has 0 saturated heterocycles. The van der Waals surface area contributed by atoms with Crippen molar-refractivity contribution in [1.82, 2.24) is 4.98 Å². The van der Waals surface area contributed by atoms with Crippen molar-refractivity contribution in [3.63, 3.8) is 0 Å². The standard InChI is InChI=1S/C15H24N2O2/c1-11-7-10-17-14(16)12(11)13(18)15(19-2)8-5-3-4-6-9-15/h7,10,13,18H,3-6,8-9H2,1-2H3,(H2,16,17). The first-order valence-electron chi connectivity index (χ1n) is 7.05. The average Bonchev–Trinajstić information content (AvgIpc) is 2.64. The molecule has 0 radical (unpaired) electrons. The summed E-state index contributed by atoms with van der Waals surface area (Å²) in [5, 5.41) is 10.8. The molecule has 1 aliphatic carbocycles. The Morgan fingerprint density at radius 1 is 1.32 bits per heavy atom. The van der Waals surface area contributed by atoms with Crippen LogP contribution in [-0.4, -0.2) is 22.8 Å². The average molecular weight is 264 g/mol. The lowest BCUT2D eigenvalue weighted by molar-refractivity contribution is -0.114. The van der Waals surface area contributed by atoms with Crippen molar-refractivity contribution < 1.29 is 9.84 Å². The molecule has 1 aromatic rings. The van der Waals surface area contributed by atoms with Gasteiger partial charge in [-0.1, -0.05) is 25.7 Å². The number of methoxy groups -OCH3 is 1. The van der Waals surface area contributed by atoms with Crippen LogP contribution in [0, 0.1) is 6.92 Å². The number of hydrogen-bond donors (Lipinski definition) is 2. The topological polar surface area (TPSA) is 68.4 Å². The highest BCUT2D eigenvalue weighted by atomic mass is 16.5. The minimum absolute atomic E-state index is 0.410. The fourth-order valence-corrected chi connectivity index (χ4v) is 3.13. The first-order chi connectivity index (χ1) is 9.10. The van der Waals surface area contributed by atoms with E-state index in [0.717, 1.165) is 36.8 Å². The molecule has 1 saturated carbocycles. The first kappa shape index (κ1) is 14.3. The van der Waals surface area contributed by atoms with Gasteiger partial charge in [-0.2, -0.15) is 0 Å². The number of aliphatic hydroxyl groups excluding tert-OH is 1. The van der Waals surface area contributed by atoms with Gasteiger partial charge in [-0.25, -0.2) is 4.98 Å². The molecule has 3 N–H and O–H groups in total. The van der Waals surface area contributed by atoms with Gasteiger partial charge in [0, 0.05) is 18.9 Å². The molecule has 1 heterocycles. The summed E-state index contributed by atoms with van der Waals surface area (Å²) in [4.78, 5) is 4.11. The van der Waals surface area contributed by atoms with Crippen LogP contribution >= 0.6 is 0 Å². The predicted octanol–water partition coefficient (Wildman–Crippen LogP) is 2.75. The molecule has 1 aliphatic rings. The van der Waals surface area contributed by atoms with E-state index >= 15 is 0 Å². The second-order valence-electron chi connectivity index (χ2n) is 5.51. The van der Waals surface area contributed by atoms with Crippen LogP contribution in [0.1, 0.15) is 55.8 Å². The number of aryl methyl sites for hydroxylation is 1. The normalized spacial score (nSPS) is 20.8. The Morgan fingerprint density at radius 3 is 2.47 bits per heavy atom. The third-order valence-corrected chi connectivity index (χ3v) is 4.37. The Balaban J connectivity index is 2.36. The molecule has 1 unspecified atom stereocenters. The number of hydrogen-bond acceptors (Lipinski definition) is 4. The van der Waals surface area contributed by atoms with Gasteiger partial charge >= 0.3 is 0 Å². The van der Waals surface area contributed by atoms with Crippen molar-refractivity contribution in [3.05, 3.63) is 23.4 Å². The summed E-state index contributed by atoms with van der Waals surface area (Å²) in [6, 6.07) is 1.88. The van der Waals surface area contributed by atoms with Crippen molar-refractivity contribution in [3.8, 4) is 0 Å². The molecule has 19 heavy (non-hydrogen) atoms. The number of nitrogen functional groups attached to an aromatic ring is 1. The van der Waals surface area contributed by atoms with Crippen molar-refractivity contribution in [2.75, 3.05) is 12.8 Å². The molecule has 4 heteroatoms. The van der Waals surface area contributed by atoms with E-state index in [1.54, 1.807) is 13.3 Å². The first-order valence-corrected chi connectivity index (χ1v) is 7.05. The molecule has 1 fully saturated rings. The van der Waals surface area contributed by atoms with Gasteiger partial charge in [0.05, 0.1) is 5.60 Å². The smallest absolute Gasteiger partial charge is 0.129 e. The Bertz CT molecular complexity index is 406. The third kappa shape index (κ3) is 2.74. The molecular formula is C15H24N2O2. The molecule has 0 aromatic carbocycles. The van der Waals surface area contributed by atoms with Gasteiger partial charge in [0.25, 0.3) is 0 Å². The van der Waals surface area contributed by atoms with E-state index < -0.39 is 11.7 Å². The zero-order valence-corrected chi connectivity index (χ0v) is 11.9. The summed E-state index contributed by atoms with van der Waals surface area (Å²) in [6.45, 7) is 1.96. The highest BCUT2D eigenvalue weighted by Gasteiger charge is 2.40. The van der Waals surface area contributed by atoms with Gasteiger partial charge in [0.15, 0.2) is 0 Å². The van der Waals surface area contributed by atoms with Gasteiger partial charge in [-0.15, -0.1) is 0 Å². The number of ether oxygens (including phenoxy) is 1. The number of nitrogens with two attached hydrogens (primary N) is 1. The fraction of sp³-hybridized carbons (Fsp3) is 0.667. The molecule has 0 bridgehead atoms. The number of rotatable bonds is 3. The fourth-order valence-electron chi connectivity index (χ4n) is 3.13. The maximum absolute atomic E-state index is 10.8. The lowest BCUT2D eigenvalue weighted by Crippen LogP contribution is -2.39. The van der Waals surface area contributed by atoms with E-state index in [4.69, 9.17) is 10.5 Å². The van der Waals surface area contributed by atoms with Crippen LogP contribution in [0.15, 0.2) is 12.3 Å². The Hall–Kier alpha value is -1.13. The van der Waals surface area contributed by atoms with Crippen molar-refractivity contribution in [2.24, 2.45) is 0 Å². The molecule has 2 rings (SSSR count). The molecule has 4 nitrogen and oxygen atoms in total. The van der Waals surface area contributed by atoms with E-state index in [1.807, 2.05) is 13.0 Å². The SMILES string of the molecule is COC1(C(O)c2c(C)ccnc2N)CCCCCC1. The number of pyridine rings is 1. The summed E-state index contributed by atoms with van der Waals surface area (Å²) in [5.41, 5.74) is 7.14. The Labute approximate surface area is 115 Å². The van der Waals surface area contributed by atoms with Crippen LogP contribution in [0.25, 0.3) is 0 Å². The van der Waals surface area contributed by atoms with E-state index in [2.05, 4.69) is 4.98 Å². The molecule has 0 spiro atoms. The van der Waals surface area contributed by atoms with Gasteiger partial charge in [-0.05, 0) is 31.4 Å². The number of aliphatic hydroxyl groups is 1. The minimum Gasteiger partial charge on any atom is -0.385 e. The summed E-state index contributed by atoms with van der Waals surface area (Å²) in [5.74, 6) is 0.410. The molecule has 106 valence electrons. The molecular weight excluding hydrogens is 240 g/mol. The van der Waals surface area contributed by atoms with Crippen LogP contribution in [0.4, 0.5) is 5.82 Å². The van der Waals surface area contributed by atoms with Crippen LogP contribution in [0.3, 0.4) is 0 Å². The van der Waals surface area contributed by atoms with E-state index in [1.165, 1.54) is 12.8 Å². The second-order valence-corrected chi connectivity index (χ2v) is 5.51. The maximum atomic E-state index is 10.8. The van der Waals surface area contributed by atoms with Crippen molar-refractivity contribution in [1.29, 1.82) is 0 Å². The van der Waals surface area contributed by atoms with Crippen LogP contribution in [0.2, 0.25) is 0 Å². The van der Waals surface area contributed by atoms with E-state index in [0.29, 0.717) is 5.82 Å². The maximum Gasteiger partial charge on any atom is 0.129 e. The molecule has 0 amide bonds. The highest BCUT2D eigenvalue weighted by Crippen LogP contribution is 2.42. The summed E-state index contributed by atoms with van der Waals surface area (Å²) < 4.78 is 5.75. The zero-order valence-electron chi connectivity index (χ0n) is 11.9. The van der Waals surface area contributed by atoms with Crippen LogP contribution in [-0.2, 0) is 4.74 Å². The summed E-state index contributed by atoms with van der Waals surface area (Å²) in [7, 11) is 1.69. The molecule has 1 atom stereocenters. The van der Waals surface area contributed by atoms with Crippen molar-refractivity contribution >= 4 is 5.82 Å². The lowest BCUT2D eigenvalue weighted by atomic mass is 9.83. The molecule has 0 aliphatic heterocycles. The highest BCUT2D eigenvalue weighted by molar-refractivity contribution is 5.46. The monoisotopic (exact) mass is 264 g/mol. The number of aromatic nitrogens is 1. The van der Waals surface area contributed by atoms with E-state index in [-0.39, 0.29) is 0 Å². The van der Waals surface area contributed by atoms with Crippen molar-refractivity contribution in [2.45, 2.75) is 57.2 Å². The number of anilines is 1. The van der Waals surface area contributed by atoms with Crippen LogP contribution < -0.4 is 5.73 Å². The van der Waals surface area contributed by atoms with Crippen LogP contribution in [0.5, 0.6) is 0 Å². The second kappa shape index (κ2) is 5.88. The Kier molecular flexibility index (Phi) is 4.42. The largest absolute Gasteiger partial charge is 0.385 e. The van der Waals surface area contributed by atoms with E-state index in [9.17, 15) is 5.11 Å². The minimum atomic E-state index is -0.704. The van der Waals surface area contributed by atoms with Gasteiger partial charge < -0.3 is 15.6 Å². The quantitative estimate of drug-likeness (QED) is 0.824. The predicted molar refractivity (Wildman–Crippen MR) is 75.8 cm³/mol. The third-order valence-electron chi connectivity index (χ3n) is 4.37. The zero-order chi connectivity index (χ0) is 13.9. The summed E-state index contributed by atoms with van der Waals surface area (Å²) in [6.07, 6.45) is 7.31. The van der Waals surface area contributed by atoms with Gasteiger partial charge in [0.1, 0.15) is 11.9 Å². The molecule has 1 aromatic heterocycles. The van der Waals surface area contributed by atoms with Gasteiger partial charge in [0.2, 0.25) is 0 Å². The van der Waals surface area contributed by atoms with Gasteiger partial charge in [-0.3, -0.25) is 0 Å². The number of nitrogens with zero attached hydrogens (tertiary/aromatic N) is 1. The summed E-state index contributed by atoms with van der Waals surface area (Å²) >= 11 is 0. The Morgan fingerprint density at radius 2 is 1.95 bits per heavy atom.